The van der Waals surface area contributed by atoms with Crippen LogP contribution in [0.1, 0.15) is 17.5 Å². The molecule has 0 fully saturated rings. The molecule has 0 saturated carbocycles. The van der Waals surface area contributed by atoms with Crippen molar-refractivity contribution >= 4 is 61.4 Å². The van der Waals surface area contributed by atoms with Gasteiger partial charge in [0.15, 0.2) is 0 Å². The van der Waals surface area contributed by atoms with Crippen molar-refractivity contribution < 1.29 is 13.2 Å². The Kier molecular flexibility index (Phi) is 5.11. The van der Waals surface area contributed by atoms with Crippen LogP contribution in [0.2, 0.25) is 9.36 Å². The Morgan fingerprint density at radius 1 is 1.32 bits per heavy atom. The smallest absolute Gasteiger partial charge is 0.273 e. The van der Waals surface area contributed by atoms with E-state index in [4.69, 9.17) is 23.2 Å². The van der Waals surface area contributed by atoms with Crippen LogP contribution in [0.15, 0.2) is 34.7 Å². The second-order valence-corrected chi connectivity index (χ2v) is 9.50. The molecule has 0 radical (unpaired) electrons. The van der Waals surface area contributed by atoms with Crippen molar-refractivity contribution in [1.29, 1.82) is 0 Å². The summed E-state index contributed by atoms with van der Waals surface area (Å²) in [5.74, 6) is -0.582. The van der Waals surface area contributed by atoms with Crippen LogP contribution < -0.4 is 4.72 Å². The first-order chi connectivity index (χ1) is 11.8. The number of hydrogen-bond donors (Lipinski definition) is 2. The van der Waals surface area contributed by atoms with E-state index in [9.17, 15) is 13.2 Å². The van der Waals surface area contributed by atoms with Crippen molar-refractivity contribution in [3.63, 3.8) is 0 Å². The van der Waals surface area contributed by atoms with E-state index in [-0.39, 0.29) is 20.0 Å². The lowest BCUT2D eigenvalue weighted by Crippen LogP contribution is -2.30. The van der Waals surface area contributed by atoms with E-state index in [1.807, 2.05) is 31.3 Å². The molecule has 3 rings (SSSR count). The second-order valence-electron chi connectivity index (χ2n) is 5.53. The Labute approximate surface area is 159 Å². The number of fused-ring (bicyclic) bond motifs is 1. The van der Waals surface area contributed by atoms with Crippen LogP contribution in [-0.4, -0.2) is 19.3 Å². The van der Waals surface area contributed by atoms with Gasteiger partial charge in [-0.05, 0) is 30.5 Å². The van der Waals surface area contributed by atoms with Gasteiger partial charge in [-0.3, -0.25) is 4.79 Å². The highest BCUT2D eigenvalue weighted by Crippen LogP contribution is 2.34. The molecule has 0 aliphatic heterocycles. The molecule has 25 heavy (non-hydrogen) atoms. The first kappa shape index (κ1) is 18.3. The fourth-order valence-corrected chi connectivity index (χ4v) is 5.42. The summed E-state index contributed by atoms with van der Waals surface area (Å²) < 4.78 is 26.5. The van der Waals surface area contributed by atoms with Gasteiger partial charge in [0.2, 0.25) is 5.91 Å². The van der Waals surface area contributed by atoms with Crippen LogP contribution in [-0.2, 0) is 21.2 Å². The number of para-hydroxylation sites is 1. The fraction of sp³-hybridized carbons (Fsp3) is 0.188. The van der Waals surface area contributed by atoms with Crippen molar-refractivity contribution in [2.45, 2.75) is 24.0 Å². The molecular weight excluding hydrogens is 403 g/mol. The number of rotatable bonds is 5. The zero-order chi connectivity index (χ0) is 18.2. The molecule has 0 bridgehead atoms. The minimum atomic E-state index is -3.96. The molecule has 0 saturated heterocycles. The van der Waals surface area contributed by atoms with Gasteiger partial charge < -0.3 is 4.98 Å². The van der Waals surface area contributed by atoms with E-state index in [1.54, 1.807) is 0 Å². The third kappa shape index (κ3) is 3.84. The predicted molar refractivity (Wildman–Crippen MR) is 101 cm³/mol. The molecule has 3 aromatic rings. The quantitative estimate of drug-likeness (QED) is 0.650. The third-order valence-electron chi connectivity index (χ3n) is 3.77. The van der Waals surface area contributed by atoms with Crippen molar-refractivity contribution in [3.05, 3.63) is 50.9 Å². The Bertz CT molecular complexity index is 1040. The molecule has 5 nitrogen and oxygen atoms in total. The molecule has 0 atom stereocenters. The zero-order valence-corrected chi connectivity index (χ0v) is 16.2. The Morgan fingerprint density at radius 3 is 2.76 bits per heavy atom. The minimum absolute atomic E-state index is 0.0449. The normalized spacial score (nSPS) is 11.8. The number of halogens is 2. The van der Waals surface area contributed by atoms with Gasteiger partial charge in [0.25, 0.3) is 10.0 Å². The van der Waals surface area contributed by atoms with Crippen LogP contribution in [0.4, 0.5) is 0 Å². The van der Waals surface area contributed by atoms with Gasteiger partial charge in [-0.1, -0.05) is 41.4 Å². The van der Waals surface area contributed by atoms with E-state index < -0.39 is 15.9 Å². The Morgan fingerprint density at radius 2 is 2.08 bits per heavy atom. The fourth-order valence-electron chi connectivity index (χ4n) is 2.52. The number of sulfonamides is 1. The summed E-state index contributed by atoms with van der Waals surface area (Å²) >= 11 is 12.4. The summed E-state index contributed by atoms with van der Waals surface area (Å²) in [5.41, 5.74) is 3.04. The summed E-state index contributed by atoms with van der Waals surface area (Å²) in [6, 6.07) is 7.06. The molecule has 9 heteroatoms. The zero-order valence-electron chi connectivity index (χ0n) is 13.1. The van der Waals surface area contributed by atoms with E-state index >= 15 is 0 Å². The van der Waals surface area contributed by atoms with Gasteiger partial charge in [0, 0.05) is 23.5 Å². The lowest BCUT2D eigenvalue weighted by Gasteiger charge is -2.06. The predicted octanol–water partition coefficient (Wildman–Crippen LogP) is 4.28. The number of carbonyl (C=O) groups is 1. The topological polar surface area (TPSA) is 79.0 Å². The largest absolute Gasteiger partial charge is 0.361 e. The average Bonchev–Trinajstić information content (AvgIpc) is 3.09. The number of nitrogens with one attached hydrogen (secondary N) is 2. The minimum Gasteiger partial charge on any atom is -0.361 e. The van der Waals surface area contributed by atoms with Gasteiger partial charge in [0.1, 0.15) is 8.55 Å². The number of thiophene rings is 1. The molecule has 0 aliphatic carbocycles. The summed E-state index contributed by atoms with van der Waals surface area (Å²) in [5, 5.41) is 1.24. The van der Waals surface area contributed by atoms with Crippen LogP contribution in [0.25, 0.3) is 10.9 Å². The number of amides is 1. The van der Waals surface area contributed by atoms with Gasteiger partial charge >= 0.3 is 0 Å². The van der Waals surface area contributed by atoms with Crippen LogP contribution >= 0.6 is 34.5 Å². The number of carbonyl (C=O) groups excluding carboxylic acids is 1. The number of H-pyrrole nitrogens is 1. The maximum Gasteiger partial charge on any atom is 0.273 e. The van der Waals surface area contributed by atoms with Crippen molar-refractivity contribution in [3.8, 4) is 0 Å². The molecule has 2 heterocycles. The Hall–Kier alpha value is -1.54. The lowest BCUT2D eigenvalue weighted by molar-refractivity contribution is -0.119. The monoisotopic (exact) mass is 416 g/mol. The highest BCUT2D eigenvalue weighted by atomic mass is 35.5. The SMILES string of the molecule is Cc1c[nH]c2c(CCC(=O)NS(=O)(=O)c3cc(Cl)c(Cl)s3)cccc12. The molecule has 2 N–H and O–H groups in total. The van der Waals surface area contributed by atoms with Gasteiger partial charge in [-0.15, -0.1) is 11.3 Å². The highest BCUT2D eigenvalue weighted by molar-refractivity contribution is 7.92. The number of hydrogen-bond acceptors (Lipinski definition) is 4. The first-order valence-electron chi connectivity index (χ1n) is 7.34. The standard InChI is InChI=1S/C16H14Cl2N2O3S2/c1-9-8-19-15-10(3-2-4-11(9)15)5-6-13(21)20-25(22,23)14-7-12(17)16(18)24-14/h2-4,7-8,19H,5-6H2,1H3,(H,20,21). The molecule has 1 aromatic carbocycles. The van der Waals surface area contributed by atoms with E-state index in [0.717, 1.165) is 33.4 Å². The van der Waals surface area contributed by atoms with Crippen molar-refractivity contribution in [2.24, 2.45) is 0 Å². The average molecular weight is 417 g/mol. The second kappa shape index (κ2) is 6.99. The van der Waals surface area contributed by atoms with Gasteiger partial charge in [-0.2, -0.15) is 0 Å². The molecule has 0 spiro atoms. The number of aromatic nitrogens is 1. The van der Waals surface area contributed by atoms with E-state index in [0.29, 0.717) is 6.42 Å². The summed E-state index contributed by atoms with van der Waals surface area (Å²) in [6.07, 6.45) is 2.37. The third-order valence-corrected chi connectivity index (χ3v) is 7.48. The van der Waals surface area contributed by atoms with Crippen LogP contribution in [0.5, 0.6) is 0 Å². The van der Waals surface area contributed by atoms with Gasteiger partial charge in [0.05, 0.1) is 5.02 Å². The van der Waals surface area contributed by atoms with E-state index in [1.165, 1.54) is 6.07 Å². The number of aromatic amines is 1. The molecule has 0 unspecified atom stereocenters. The Balaban J connectivity index is 1.70. The number of benzene rings is 1. The summed E-state index contributed by atoms with van der Waals surface area (Å²) in [4.78, 5) is 15.3. The van der Waals surface area contributed by atoms with Crippen LogP contribution in [0, 0.1) is 6.92 Å². The molecule has 132 valence electrons. The summed E-state index contributed by atoms with van der Waals surface area (Å²) in [7, 11) is -3.96. The van der Waals surface area contributed by atoms with E-state index in [2.05, 4.69) is 9.71 Å². The molecule has 1 amide bonds. The van der Waals surface area contributed by atoms with Crippen molar-refractivity contribution in [2.75, 3.05) is 0 Å². The van der Waals surface area contributed by atoms with Gasteiger partial charge in [-0.25, -0.2) is 13.1 Å². The maximum absolute atomic E-state index is 12.2. The van der Waals surface area contributed by atoms with Crippen LogP contribution in [0.3, 0.4) is 0 Å². The molecular formula is C16H14Cl2N2O3S2. The van der Waals surface area contributed by atoms with Crippen molar-refractivity contribution in [1.82, 2.24) is 9.71 Å². The first-order valence-corrected chi connectivity index (χ1v) is 10.4. The molecule has 2 aromatic heterocycles. The highest BCUT2D eigenvalue weighted by Gasteiger charge is 2.21. The molecule has 0 aliphatic rings. The summed E-state index contributed by atoms with van der Waals surface area (Å²) in [6.45, 7) is 2.00. The maximum atomic E-state index is 12.2. The number of aryl methyl sites for hydroxylation is 2. The lowest BCUT2D eigenvalue weighted by atomic mass is 10.1.